The van der Waals surface area contributed by atoms with Crippen LogP contribution in [0.3, 0.4) is 0 Å². The van der Waals surface area contributed by atoms with Gasteiger partial charge in [0, 0.05) is 6.54 Å². The molecule has 0 saturated carbocycles. The van der Waals surface area contributed by atoms with Crippen molar-refractivity contribution in [3.63, 3.8) is 0 Å². The highest BCUT2D eigenvalue weighted by Gasteiger charge is 2.24. The largest absolute Gasteiger partial charge is 0.377 e. The Labute approximate surface area is 41.1 Å². The average molecular weight is 108 g/mol. The van der Waals surface area contributed by atoms with Gasteiger partial charge < -0.3 is 5.11 Å². The van der Waals surface area contributed by atoms with Crippen LogP contribution in [-0.4, -0.2) is 23.3 Å². The van der Waals surface area contributed by atoms with Gasteiger partial charge in [-0.25, -0.2) is 0 Å². The van der Waals surface area contributed by atoms with E-state index in [1.54, 1.807) is 0 Å². The van der Waals surface area contributed by atoms with E-state index in [1.807, 2.05) is 0 Å². The van der Waals surface area contributed by atoms with Gasteiger partial charge >= 0.3 is 0 Å². The van der Waals surface area contributed by atoms with Crippen LogP contribution >= 0.6 is 11.6 Å². The normalized spacial score (nSPS) is 45.0. The van der Waals surface area contributed by atoms with Gasteiger partial charge in [0.15, 0.2) is 0 Å². The second-order valence-corrected chi connectivity index (χ2v) is 1.93. The van der Waals surface area contributed by atoms with E-state index in [0.717, 1.165) is 6.54 Å². The number of rotatable bonds is 0. The molecule has 0 aromatic rings. The molecule has 2 nitrogen and oxygen atoms in total. The number of alkyl halides is 1. The lowest BCUT2D eigenvalue weighted by molar-refractivity contribution is 0.0789. The zero-order valence-electron chi connectivity index (χ0n) is 3.19. The molecule has 0 spiro atoms. The van der Waals surface area contributed by atoms with Crippen molar-refractivity contribution in [1.82, 2.24) is 5.32 Å². The van der Waals surface area contributed by atoms with Gasteiger partial charge in [-0.1, -0.05) is 0 Å². The summed E-state index contributed by atoms with van der Waals surface area (Å²) in [5.41, 5.74) is 0. The molecule has 6 heavy (non-hydrogen) atoms. The Bertz CT molecular complexity index is 50.8. The summed E-state index contributed by atoms with van der Waals surface area (Å²) < 4.78 is 0. The average Bonchev–Trinajstić information content (AvgIpc) is 1.61. The molecular formula is C3H6ClNO. The van der Waals surface area contributed by atoms with Gasteiger partial charge in [0.2, 0.25) is 0 Å². The van der Waals surface area contributed by atoms with E-state index in [0.29, 0.717) is 0 Å². The summed E-state index contributed by atoms with van der Waals surface area (Å²) in [6, 6.07) is 0. The van der Waals surface area contributed by atoms with E-state index in [2.05, 4.69) is 5.32 Å². The van der Waals surface area contributed by atoms with Gasteiger partial charge in [0.1, 0.15) is 6.23 Å². The van der Waals surface area contributed by atoms with Gasteiger partial charge in [-0.3, -0.25) is 5.32 Å². The maximum absolute atomic E-state index is 8.47. The number of nitrogens with one attached hydrogen (secondary N) is 1. The SMILES string of the molecule is O[C@H]1NCC1Cl. The number of halogens is 1. The number of aliphatic hydroxyl groups excluding tert-OH is 1. The molecule has 1 aliphatic heterocycles. The molecule has 0 radical (unpaired) electrons. The second kappa shape index (κ2) is 1.37. The first-order chi connectivity index (χ1) is 2.80. The second-order valence-electron chi connectivity index (χ2n) is 1.37. The molecule has 1 rings (SSSR count). The molecule has 2 N–H and O–H groups in total. The van der Waals surface area contributed by atoms with E-state index < -0.39 is 6.23 Å². The van der Waals surface area contributed by atoms with Crippen molar-refractivity contribution in [2.75, 3.05) is 6.54 Å². The minimum atomic E-state index is -0.452. The predicted octanol–water partition coefficient (Wildman–Crippen LogP) is -0.485. The van der Waals surface area contributed by atoms with Crippen LogP contribution in [0.4, 0.5) is 0 Å². The fourth-order valence-electron chi connectivity index (χ4n) is 0.312. The zero-order valence-corrected chi connectivity index (χ0v) is 3.94. The molecule has 0 aromatic carbocycles. The van der Waals surface area contributed by atoms with Crippen molar-refractivity contribution in [3.8, 4) is 0 Å². The molecule has 1 unspecified atom stereocenters. The highest BCUT2D eigenvalue weighted by Crippen LogP contribution is 2.06. The Morgan fingerprint density at radius 2 is 2.33 bits per heavy atom. The molecule has 0 aromatic heterocycles. The molecule has 1 heterocycles. The predicted molar refractivity (Wildman–Crippen MR) is 23.7 cm³/mol. The summed E-state index contributed by atoms with van der Waals surface area (Å²) in [6.07, 6.45) is -0.452. The van der Waals surface area contributed by atoms with Gasteiger partial charge in [-0.15, -0.1) is 11.6 Å². The lowest BCUT2D eigenvalue weighted by Crippen LogP contribution is -2.53. The highest BCUT2D eigenvalue weighted by atomic mass is 35.5. The minimum Gasteiger partial charge on any atom is -0.377 e. The number of hydrogen-bond acceptors (Lipinski definition) is 2. The maximum atomic E-state index is 8.47. The molecule has 1 fully saturated rings. The summed E-state index contributed by atoms with van der Waals surface area (Å²) in [6.45, 7) is 0.739. The van der Waals surface area contributed by atoms with Crippen LogP contribution in [-0.2, 0) is 0 Å². The molecule has 2 atom stereocenters. The van der Waals surface area contributed by atoms with Crippen LogP contribution in [0.15, 0.2) is 0 Å². The van der Waals surface area contributed by atoms with Crippen LogP contribution in [0, 0.1) is 0 Å². The fourth-order valence-corrected chi connectivity index (χ4v) is 0.491. The van der Waals surface area contributed by atoms with Crippen LogP contribution < -0.4 is 5.32 Å². The van der Waals surface area contributed by atoms with E-state index in [4.69, 9.17) is 16.7 Å². The molecular weight excluding hydrogens is 101 g/mol. The van der Waals surface area contributed by atoms with Crippen LogP contribution in [0.2, 0.25) is 0 Å². The maximum Gasteiger partial charge on any atom is 0.122 e. The molecule has 36 valence electrons. The van der Waals surface area contributed by atoms with E-state index in [-0.39, 0.29) is 5.38 Å². The fraction of sp³-hybridized carbons (Fsp3) is 1.00. The van der Waals surface area contributed by atoms with E-state index >= 15 is 0 Å². The summed E-state index contributed by atoms with van der Waals surface area (Å²) in [5.74, 6) is 0. The lowest BCUT2D eigenvalue weighted by Gasteiger charge is -2.27. The van der Waals surface area contributed by atoms with E-state index in [1.165, 1.54) is 0 Å². The summed E-state index contributed by atoms with van der Waals surface area (Å²) in [7, 11) is 0. The van der Waals surface area contributed by atoms with Crippen LogP contribution in [0.25, 0.3) is 0 Å². The van der Waals surface area contributed by atoms with Crippen molar-refractivity contribution in [1.29, 1.82) is 0 Å². The molecule has 0 bridgehead atoms. The first-order valence-electron chi connectivity index (χ1n) is 1.86. The van der Waals surface area contributed by atoms with Gasteiger partial charge in [0.25, 0.3) is 0 Å². The Kier molecular flexibility index (Phi) is 0.998. The monoisotopic (exact) mass is 107 g/mol. The van der Waals surface area contributed by atoms with Gasteiger partial charge in [0.05, 0.1) is 5.38 Å². The smallest absolute Gasteiger partial charge is 0.122 e. The quantitative estimate of drug-likeness (QED) is 0.410. The van der Waals surface area contributed by atoms with Gasteiger partial charge in [-0.2, -0.15) is 0 Å². The summed E-state index contributed by atoms with van der Waals surface area (Å²) >= 11 is 5.39. The summed E-state index contributed by atoms with van der Waals surface area (Å²) in [4.78, 5) is 0. The molecule has 0 aliphatic carbocycles. The van der Waals surface area contributed by atoms with Crippen molar-refractivity contribution in [3.05, 3.63) is 0 Å². The first kappa shape index (κ1) is 4.37. The van der Waals surface area contributed by atoms with Gasteiger partial charge in [-0.05, 0) is 0 Å². The molecule has 1 aliphatic rings. The van der Waals surface area contributed by atoms with Crippen molar-refractivity contribution >= 4 is 11.6 Å². The van der Waals surface area contributed by atoms with Crippen molar-refractivity contribution in [2.45, 2.75) is 11.6 Å². The number of hydrogen-bond donors (Lipinski definition) is 2. The van der Waals surface area contributed by atoms with Crippen molar-refractivity contribution < 1.29 is 5.11 Å². The van der Waals surface area contributed by atoms with Crippen LogP contribution in [0.1, 0.15) is 0 Å². The molecule has 3 heteroatoms. The van der Waals surface area contributed by atoms with E-state index in [9.17, 15) is 0 Å². The summed E-state index contributed by atoms with van der Waals surface area (Å²) in [5, 5.41) is 11.1. The standard InChI is InChI=1S/C3H6ClNO/c4-2-1-5-3(2)6/h2-3,5-6H,1H2/t2?,3-/m1/s1. The Balaban J connectivity index is 2.20. The molecule has 0 amide bonds. The third-order valence-electron chi connectivity index (χ3n) is 0.865. The topological polar surface area (TPSA) is 32.3 Å². The Morgan fingerprint density at radius 1 is 1.83 bits per heavy atom. The molecule has 1 saturated heterocycles. The third kappa shape index (κ3) is 0.511. The Hall–Kier alpha value is 0.210. The highest BCUT2D eigenvalue weighted by molar-refractivity contribution is 6.21. The third-order valence-corrected chi connectivity index (χ3v) is 1.26. The van der Waals surface area contributed by atoms with Crippen molar-refractivity contribution in [2.24, 2.45) is 0 Å². The number of aliphatic hydroxyl groups is 1. The first-order valence-corrected chi connectivity index (χ1v) is 2.30. The Morgan fingerprint density at radius 3 is 2.33 bits per heavy atom. The minimum absolute atomic E-state index is 0.0509. The zero-order chi connectivity index (χ0) is 4.57. The lowest BCUT2D eigenvalue weighted by atomic mass is 10.2. The van der Waals surface area contributed by atoms with Crippen LogP contribution in [0.5, 0.6) is 0 Å².